The zero-order valence-electron chi connectivity index (χ0n) is 15.9. The number of esters is 1. The number of thioether (sulfide) groups is 1. The maximum atomic E-state index is 12.2. The maximum absolute atomic E-state index is 12.2. The Labute approximate surface area is 164 Å². The normalized spacial score (nSPS) is 11.5. The van der Waals surface area contributed by atoms with E-state index in [0.29, 0.717) is 12.3 Å². The third kappa shape index (κ3) is 7.35. The minimum Gasteiger partial charge on any atom is -0.494 e. The number of hydrogen-bond acceptors (Lipinski definition) is 5. The number of amides is 1. The van der Waals surface area contributed by atoms with Gasteiger partial charge in [0.25, 0.3) is 5.91 Å². The largest absolute Gasteiger partial charge is 0.494 e. The summed E-state index contributed by atoms with van der Waals surface area (Å²) in [7, 11) is 0. The predicted molar refractivity (Wildman–Crippen MR) is 109 cm³/mol. The van der Waals surface area contributed by atoms with Crippen LogP contribution in [0.3, 0.4) is 0 Å². The van der Waals surface area contributed by atoms with E-state index in [0.717, 1.165) is 17.1 Å². The number of ether oxygens (including phenoxy) is 2. The first-order valence-corrected chi connectivity index (χ1v) is 10.00. The van der Waals surface area contributed by atoms with Crippen molar-refractivity contribution >= 4 is 29.3 Å². The number of carbonyl (C=O) groups is 2. The third-order valence-corrected chi connectivity index (χ3v) is 4.70. The number of carbonyl (C=O) groups excluding carboxylic acids is 2. The molecule has 1 amide bonds. The van der Waals surface area contributed by atoms with Crippen LogP contribution in [-0.4, -0.2) is 30.3 Å². The molecule has 0 saturated carbocycles. The number of aryl methyl sites for hydroxylation is 1. The van der Waals surface area contributed by atoms with Crippen molar-refractivity contribution in [2.45, 2.75) is 32.6 Å². The molecule has 0 unspecified atom stereocenters. The highest BCUT2D eigenvalue weighted by Gasteiger charge is 2.18. The lowest BCUT2D eigenvalue weighted by molar-refractivity contribution is -0.150. The average Bonchev–Trinajstić information content (AvgIpc) is 2.65. The molecule has 0 aliphatic carbocycles. The van der Waals surface area contributed by atoms with E-state index in [1.54, 1.807) is 31.2 Å². The molecule has 5 nitrogen and oxygen atoms in total. The molecule has 0 aliphatic heterocycles. The molecule has 2 aromatic rings. The molecule has 0 bridgehead atoms. The van der Waals surface area contributed by atoms with Crippen LogP contribution in [0.15, 0.2) is 48.5 Å². The molecule has 1 atom stereocenters. The molecule has 0 fully saturated rings. The van der Waals surface area contributed by atoms with Crippen LogP contribution in [0.4, 0.5) is 5.69 Å². The minimum absolute atomic E-state index is 0.203. The Morgan fingerprint density at radius 1 is 1.07 bits per heavy atom. The van der Waals surface area contributed by atoms with Crippen molar-refractivity contribution in [2.75, 3.05) is 17.7 Å². The van der Waals surface area contributed by atoms with Gasteiger partial charge >= 0.3 is 5.97 Å². The third-order valence-electron chi connectivity index (χ3n) is 3.72. The van der Waals surface area contributed by atoms with E-state index in [1.807, 2.05) is 38.1 Å². The lowest BCUT2D eigenvalue weighted by Gasteiger charge is -2.14. The van der Waals surface area contributed by atoms with Gasteiger partial charge in [-0.15, -0.1) is 11.8 Å². The van der Waals surface area contributed by atoms with Gasteiger partial charge in [-0.25, -0.2) is 0 Å². The first-order chi connectivity index (χ1) is 13.0. The van der Waals surface area contributed by atoms with Gasteiger partial charge in [-0.1, -0.05) is 29.8 Å². The zero-order valence-corrected chi connectivity index (χ0v) is 16.7. The lowest BCUT2D eigenvalue weighted by Crippen LogP contribution is -2.30. The van der Waals surface area contributed by atoms with E-state index in [9.17, 15) is 9.59 Å². The van der Waals surface area contributed by atoms with Gasteiger partial charge in [0, 0.05) is 11.4 Å². The first-order valence-electron chi connectivity index (χ1n) is 8.84. The monoisotopic (exact) mass is 387 g/mol. The second kappa shape index (κ2) is 10.6. The van der Waals surface area contributed by atoms with Gasteiger partial charge in [0.1, 0.15) is 5.75 Å². The van der Waals surface area contributed by atoms with Gasteiger partial charge in [0.15, 0.2) is 6.10 Å². The van der Waals surface area contributed by atoms with Crippen LogP contribution >= 0.6 is 11.8 Å². The van der Waals surface area contributed by atoms with Crippen LogP contribution < -0.4 is 10.1 Å². The van der Waals surface area contributed by atoms with Gasteiger partial charge in [-0.2, -0.15) is 0 Å². The Bertz CT molecular complexity index is 744. The van der Waals surface area contributed by atoms with Crippen molar-refractivity contribution in [1.82, 2.24) is 0 Å². The molecule has 0 aromatic heterocycles. The van der Waals surface area contributed by atoms with Gasteiger partial charge in [0.2, 0.25) is 0 Å². The summed E-state index contributed by atoms with van der Waals surface area (Å²) in [6.45, 7) is 6.09. The molecule has 0 aliphatic rings. The van der Waals surface area contributed by atoms with Gasteiger partial charge in [-0.05, 0) is 50.6 Å². The van der Waals surface area contributed by atoms with Crippen LogP contribution in [0, 0.1) is 6.92 Å². The fourth-order valence-corrected chi connectivity index (χ4v) is 3.03. The summed E-state index contributed by atoms with van der Waals surface area (Å²) in [5, 5.41) is 2.73. The minimum atomic E-state index is -0.857. The Morgan fingerprint density at radius 2 is 1.74 bits per heavy atom. The molecule has 144 valence electrons. The van der Waals surface area contributed by atoms with Gasteiger partial charge in [0.05, 0.1) is 12.4 Å². The molecule has 0 heterocycles. The summed E-state index contributed by atoms with van der Waals surface area (Å²) in [5.74, 6) is 0.898. The van der Waals surface area contributed by atoms with Gasteiger partial charge < -0.3 is 14.8 Å². The zero-order chi connectivity index (χ0) is 19.6. The SMILES string of the molecule is CCOc1ccc(NC(=O)[C@@H](C)OC(=O)CSCc2ccc(C)cc2)cc1. The molecule has 0 saturated heterocycles. The van der Waals surface area contributed by atoms with E-state index in [-0.39, 0.29) is 11.7 Å². The van der Waals surface area contributed by atoms with Crippen LogP contribution in [0.25, 0.3) is 0 Å². The van der Waals surface area contributed by atoms with Crippen molar-refractivity contribution in [1.29, 1.82) is 0 Å². The summed E-state index contributed by atoms with van der Waals surface area (Å²) in [6, 6.07) is 15.2. The standard InChI is InChI=1S/C21H25NO4S/c1-4-25-19-11-9-18(10-12-19)22-21(24)16(3)26-20(23)14-27-13-17-7-5-15(2)6-8-17/h5-12,16H,4,13-14H2,1-3H3,(H,22,24)/t16-/m1/s1. The van der Waals surface area contributed by atoms with E-state index in [4.69, 9.17) is 9.47 Å². The highest BCUT2D eigenvalue weighted by Crippen LogP contribution is 2.16. The molecular formula is C21H25NO4S. The van der Waals surface area contributed by atoms with Gasteiger partial charge in [-0.3, -0.25) is 9.59 Å². The van der Waals surface area contributed by atoms with Crippen LogP contribution in [0.5, 0.6) is 5.75 Å². The molecule has 0 radical (unpaired) electrons. The molecular weight excluding hydrogens is 362 g/mol. The van der Waals surface area contributed by atoms with Crippen molar-refractivity contribution < 1.29 is 19.1 Å². The number of rotatable bonds is 9. The molecule has 2 rings (SSSR count). The Morgan fingerprint density at radius 3 is 2.37 bits per heavy atom. The highest BCUT2D eigenvalue weighted by molar-refractivity contribution is 7.99. The fraction of sp³-hybridized carbons (Fsp3) is 0.333. The molecule has 0 spiro atoms. The van der Waals surface area contributed by atoms with E-state index < -0.39 is 12.1 Å². The molecule has 6 heteroatoms. The average molecular weight is 388 g/mol. The fourth-order valence-electron chi connectivity index (χ4n) is 2.27. The number of benzene rings is 2. The second-order valence-corrected chi connectivity index (χ2v) is 7.04. The smallest absolute Gasteiger partial charge is 0.316 e. The Hall–Kier alpha value is -2.47. The van der Waals surface area contributed by atoms with Crippen LogP contribution in [0.1, 0.15) is 25.0 Å². The lowest BCUT2D eigenvalue weighted by atomic mass is 10.2. The van der Waals surface area contributed by atoms with E-state index in [1.165, 1.54) is 17.3 Å². The second-order valence-electron chi connectivity index (χ2n) is 6.06. The van der Waals surface area contributed by atoms with Crippen molar-refractivity contribution in [2.24, 2.45) is 0 Å². The summed E-state index contributed by atoms with van der Waals surface area (Å²) >= 11 is 1.46. The summed E-state index contributed by atoms with van der Waals surface area (Å²) in [6.07, 6.45) is -0.857. The quantitative estimate of drug-likeness (QED) is 0.654. The molecule has 1 N–H and O–H groups in total. The Kier molecular flexibility index (Phi) is 8.20. The number of anilines is 1. The summed E-state index contributed by atoms with van der Waals surface area (Å²) < 4.78 is 10.6. The van der Waals surface area contributed by atoms with Crippen molar-refractivity contribution in [3.63, 3.8) is 0 Å². The summed E-state index contributed by atoms with van der Waals surface area (Å²) in [5.41, 5.74) is 2.98. The van der Waals surface area contributed by atoms with E-state index >= 15 is 0 Å². The maximum Gasteiger partial charge on any atom is 0.316 e. The topological polar surface area (TPSA) is 64.6 Å². The van der Waals surface area contributed by atoms with E-state index in [2.05, 4.69) is 5.32 Å². The molecule has 27 heavy (non-hydrogen) atoms. The number of nitrogens with one attached hydrogen (secondary N) is 1. The van der Waals surface area contributed by atoms with Crippen molar-refractivity contribution in [3.8, 4) is 5.75 Å². The van der Waals surface area contributed by atoms with Crippen LogP contribution in [0.2, 0.25) is 0 Å². The first kappa shape index (κ1) is 20.8. The number of hydrogen-bond donors (Lipinski definition) is 1. The predicted octanol–water partition coefficient (Wildman–Crippen LogP) is 4.20. The van der Waals surface area contributed by atoms with Crippen LogP contribution in [-0.2, 0) is 20.1 Å². The van der Waals surface area contributed by atoms with Crippen molar-refractivity contribution in [3.05, 3.63) is 59.7 Å². The highest BCUT2D eigenvalue weighted by atomic mass is 32.2. The summed E-state index contributed by atoms with van der Waals surface area (Å²) in [4.78, 5) is 24.1. The molecule has 2 aromatic carbocycles. The Balaban J connectivity index is 1.72.